The third kappa shape index (κ3) is 11.8. The fourth-order valence-electron chi connectivity index (χ4n) is 18.2. The van der Waals surface area contributed by atoms with Gasteiger partial charge in [0, 0.05) is 63.4 Å². The molecule has 6 aliphatic carbocycles. The van der Waals surface area contributed by atoms with E-state index in [1.54, 1.807) is 72.4 Å². The predicted octanol–water partition coefficient (Wildman–Crippen LogP) is 11.0. The van der Waals surface area contributed by atoms with Crippen molar-refractivity contribution in [2.45, 2.75) is 126 Å². The lowest BCUT2D eigenvalue weighted by Crippen LogP contribution is -2.52. The van der Waals surface area contributed by atoms with Crippen molar-refractivity contribution in [1.29, 1.82) is 0 Å². The average Bonchev–Trinajstić information content (AvgIpc) is 1.52. The Morgan fingerprint density at radius 1 is 0.431 bits per heavy atom. The van der Waals surface area contributed by atoms with E-state index in [-0.39, 0.29) is 41.0 Å². The monoisotopic (exact) mass is 1670 g/mol. The van der Waals surface area contributed by atoms with Crippen molar-refractivity contribution < 1.29 is 78.6 Å². The summed E-state index contributed by atoms with van der Waals surface area (Å²) in [5.74, 6) is -5.58. The van der Waals surface area contributed by atoms with Gasteiger partial charge in [0.2, 0.25) is 11.8 Å². The average molecular weight is 1670 g/mol. The number of carbonyl (C=O) groups is 3. The number of carboxylic acids is 1. The number of aliphatic hydroxyl groups is 6. The van der Waals surface area contributed by atoms with Gasteiger partial charge in [-0.25, -0.2) is 0 Å². The number of carbonyl (C=O) groups excluding carboxylic acids is 2. The highest BCUT2D eigenvalue weighted by atomic mass is 79.9. The van der Waals surface area contributed by atoms with E-state index < -0.39 is 93.4 Å². The van der Waals surface area contributed by atoms with Crippen molar-refractivity contribution >= 4 is 65.6 Å². The normalized spacial score (nSPS) is 30.0. The van der Waals surface area contributed by atoms with E-state index in [4.69, 9.17) is 28.4 Å². The lowest BCUT2D eigenvalue weighted by Gasteiger charge is -2.41. The maximum absolute atomic E-state index is 14.0. The quantitative estimate of drug-likeness (QED) is 0.0473. The highest BCUT2D eigenvalue weighted by molar-refractivity contribution is 9.11. The molecule has 18 rings (SSSR count). The summed E-state index contributed by atoms with van der Waals surface area (Å²) in [5, 5.41) is 86.8. The number of rotatable bonds is 15. The smallest absolute Gasteiger partial charge is 0.310 e. The topological polar surface area (TPSA) is 305 Å². The Kier molecular flexibility index (Phi) is 20.2. The van der Waals surface area contributed by atoms with E-state index in [1.165, 1.54) is 71.4 Å². The minimum Gasteiger partial charge on any atom is -0.495 e. The second-order valence-corrected chi connectivity index (χ2v) is 32.1. The van der Waals surface area contributed by atoms with Crippen molar-refractivity contribution in [3.05, 3.63) is 264 Å². The van der Waals surface area contributed by atoms with E-state index in [9.17, 15) is 50.1 Å². The van der Waals surface area contributed by atoms with Gasteiger partial charge in [0.25, 0.3) is 0 Å². The first kappa shape index (κ1) is 75.5. The fraction of sp³-hybridized carbons (Fsp3) is 0.357. The number of amides is 2. The number of nitrogens with one attached hydrogen (secondary N) is 1. The highest BCUT2D eigenvalue weighted by Gasteiger charge is 2.81. The molecule has 0 spiro atoms. The summed E-state index contributed by atoms with van der Waals surface area (Å²) in [6, 6.07) is 51.2. The molecule has 9 aromatic rings. The Balaban J connectivity index is 0.000000126. The van der Waals surface area contributed by atoms with Crippen molar-refractivity contribution in [1.82, 2.24) is 30.1 Å². The van der Waals surface area contributed by atoms with Crippen LogP contribution in [0.4, 0.5) is 0 Å². The zero-order chi connectivity index (χ0) is 76.9. The second kappa shape index (κ2) is 29.1. The molecule has 566 valence electrons. The Morgan fingerprint density at radius 3 is 0.945 bits per heavy atom. The number of halogens is 3. The van der Waals surface area contributed by atoms with E-state index in [2.05, 4.69) is 68.1 Å². The van der Waals surface area contributed by atoms with Gasteiger partial charge < -0.3 is 79.3 Å². The first-order valence-electron chi connectivity index (χ1n) is 36.2. The van der Waals surface area contributed by atoms with Gasteiger partial charge in [-0.05, 0) is 115 Å². The molecule has 0 unspecified atom stereocenters. The van der Waals surface area contributed by atoms with E-state index in [1.807, 2.05) is 122 Å². The second-order valence-electron chi connectivity index (χ2n) is 29.3. The fourth-order valence-corrected chi connectivity index (χ4v) is 19.0. The molecule has 0 radical (unpaired) electrons. The minimum atomic E-state index is -2.12. The lowest BCUT2D eigenvalue weighted by atomic mass is 9.70. The summed E-state index contributed by atoms with van der Waals surface area (Å²) in [6.45, 7) is 0. The molecule has 22 nitrogen and oxygen atoms in total. The van der Waals surface area contributed by atoms with Crippen LogP contribution in [0, 0.1) is 17.8 Å². The number of ether oxygens (including phenoxy) is 6. The molecule has 8 N–H and O–H groups in total. The number of hydrogen-bond acceptors (Lipinski definition) is 19. The Morgan fingerprint density at radius 2 is 0.706 bits per heavy atom. The van der Waals surface area contributed by atoms with Crippen LogP contribution in [0.2, 0.25) is 0 Å². The van der Waals surface area contributed by atoms with Gasteiger partial charge in [0.1, 0.15) is 52.8 Å². The lowest BCUT2D eigenvalue weighted by molar-refractivity contribution is -0.159. The summed E-state index contributed by atoms with van der Waals surface area (Å²) in [7, 11) is 9.96. The number of pyridine rings is 3. The van der Waals surface area contributed by atoms with Crippen LogP contribution in [-0.2, 0) is 48.0 Å². The first-order chi connectivity index (χ1) is 52.5. The summed E-state index contributed by atoms with van der Waals surface area (Å²) < 4.78 is 39.1. The van der Waals surface area contributed by atoms with Crippen LogP contribution in [0.3, 0.4) is 0 Å². The molecule has 3 aromatic heterocycles. The van der Waals surface area contributed by atoms with Gasteiger partial charge in [-0.15, -0.1) is 0 Å². The molecule has 6 heterocycles. The van der Waals surface area contributed by atoms with Crippen molar-refractivity contribution in [3.63, 3.8) is 0 Å². The van der Waals surface area contributed by atoms with E-state index in [0.717, 1.165) is 56.3 Å². The van der Waals surface area contributed by atoms with Crippen LogP contribution in [-0.4, -0.2) is 157 Å². The summed E-state index contributed by atoms with van der Waals surface area (Å²) in [5.41, 5.74) is -5.96. The first-order valence-corrected chi connectivity index (χ1v) is 38.6. The molecule has 2 amide bonds. The molecule has 3 aliphatic heterocycles. The standard InChI is InChI=1S/2C28H27BrN2O5.C24H20BrNO6.C4H9N/c2*1-31(19-12-13-19)26(33)22-23(16-6-4-3-5-7-16)28(17-8-10-18(29)11-9-17)27(34,25(22)32)24-20(35-2)14-30-15-21(24)36-28;1-31-16-11-26-12-17-20(16)23(30)21(27)18(22(28)29)19(13-5-3-2-4-6-13)24(23,32-17)14-7-9-15(25)10-8-14;1-5-4-2-3-4/h2*3-11,14-15,19,22-23,25,32,34H,12-13H2,1-2H3;2-12,18-19,21,27,30H,1H3,(H,28,29);4-5H,2-3H2,1H3/t2*22-,23-,25-,27+,28+;18-,19-,21-,23+,24+;/m111./s1. The molecule has 109 heavy (non-hydrogen) atoms. The molecular formula is C84H83Br3N6O16. The van der Waals surface area contributed by atoms with Crippen LogP contribution in [0.25, 0.3) is 0 Å². The van der Waals surface area contributed by atoms with Crippen LogP contribution < -0.4 is 33.7 Å². The van der Waals surface area contributed by atoms with Gasteiger partial charge in [0.05, 0.1) is 93.0 Å². The molecule has 15 atom stereocenters. The van der Waals surface area contributed by atoms with Gasteiger partial charge in [-0.3, -0.25) is 29.3 Å². The zero-order valence-electron chi connectivity index (χ0n) is 60.4. The van der Waals surface area contributed by atoms with Crippen molar-refractivity contribution in [2.24, 2.45) is 17.8 Å². The van der Waals surface area contributed by atoms with Crippen LogP contribution >= 0.6 is 47.8 Å². The van der Waals surface area contributed by atoms with Gasteiger partial charge in [-0.2, -0.15) is 0 Å². The van der Waals surface area contributed by atoms with E-state index in [0.29, 0.717) is 56.4 Å². The van der Waals surface area contributed by atoms with Gasteiger partial charge >= 0.3 is 5.97 Å². The zero-order valence-corrected chi connectivity index (χ0v) is 65.2. The minimum absolute atomic E-state index is 0.145. The Labute approximate surface area is 655 Å². The van der Waals surface area contributed by atoms with E-state index >= 15 is 0 Å². The summed E-state index contributed by atoms with van der Waals surface area (Å²) in [6.07, 6.45) is 10.8. The van der Waals surface area contributed by atoms with Crippen LogP contribution in [0.15, 0.2) is 214 Å². The summed E-state index contributed by atoms with van der Waals surface area (Å²) in [4.78, 5) is 56.6. The van der Waals surface area contributed by atoms with Crippen molar-refractivity contribution in [2.75, 3.05) is 42.5 Å². The maximum atomic E-state index is 14.0. The van der Waals surface area contributed by atoms with Crippen molar-refractivity contribution in [3.8, 4) is 34.5 Å². The number of carboxylic acid groups (broad SMARTS) is 1. The molecule has 6 saturated carbocycles. The SMILES string of the molecule is CNC1CC1.COc1cncc2c1[C@]1(O)[C@H](O)[C@H](C(=O)N(C)C3CC3)[C@@H](c3ccccc3)[C@]1(c1ccc(Br)cc1)O2.COc1cncc2c1[C@]1(O)[C@H](O)[C@H](C(=O)N(C)C3CC3)[C@@H](c3ccccc3)[C@]1(c1ccc(Br)cc1)O2.COc1cncc2c1[C@]1(O)[C@H](O)[C@H](C(=O)O)[C@@H](c3ccccc3)[C@]1(c1ccc(Br)cc1)O2. The van der Waals surface area contributed by atoms with Crippen LogP contribution in [0.1, 0.15) is 106 Å². The Bertz CT molecular complexity index is 4680. The molecular weight excluding hydrogens is 1590 g/mol. The maximum Gasteiger partial charge on any atom is 0.310 e. The molecule has 9 aliphatic rings. The number of benzene rings is 6. The molecule has 0 bridgehead atoms. The number of methoxy groups -OCH3 is 3. The molecule has 6 fully saturated rings. The number of nitrogens with zero attached hydrogens (tertiary/aromatic N) is 5. The molecule has 25 heteroatoms. The van der Waals surface area contributed by atoms with Gasteiger partial charge in [0.15, 0.2) is 33.6 Å². The number of hydrogen-bond donors (Lipinski definition) is 8. The van der Waals surface area contributed by atoms with Gasteiger partial charge in [-0.1, -0.05) is 175 Å². The number of aromatic nitrogens is 3. The number of aliphatic hydroxyl groups excluding tert-OH is 3. The number of fused-ring (bicyclic) bond motifs is 9. The van der Waals surface area contributed by atoms with Crippen LogP contribution in [0.5, 0.6) is 34.5 Å². The highest BCUT2D eigenvalue weighted by Crippen LogP contribution is 2.73. The largest absolute Gasteiger partial charge is 0.495 e. The Hall–Kier alpha value is -8.86. The molecule has 0 saturated heterocycles. The number of aliphatic carboxylic acids is 1. The molecule has 6 aromatic carbocycles. The third-order valence-electron chi connectivity index (χ3n) is 23.7. The third-order valence-corrected chi connectivity index (χ3v) is 25.2. The predicted molar refractivity (Wildman–Crippen MR) is 411 cm³/mol. The summed E-state index contributed by atoms with van der Waals surface area (Å²) >= 11 is 10.4.